The van der Waals surface area contributed by atoms with Gasteiger partial charge in [-0.25, -0.2) is 0 Å². The highest BCUT2D eigenvalue weighted by atomic mass is 35.5. The predicted molar refractivity (Wildman–Crippen MR) is 60.7 cm³/mol. The fourth-order valence-electron chi connectivity index (χ4n) is 1.26. The Labute approximate surface area is 96.7 Å². The van der Waals surface area contributed by atoms with E-state index in [1.807, 2.05) is 24.3 Å². The number of ether oxygens (including phenoxy) is 1. The minimum Gasteiger partial charge on any atom is -0.497 e. The normalized spacial score (nSPS) is 10.3. The highest BCUT2D eigenvalue weighted by Crippen LogP contribution is 2.20. The van der Waals surface area contributed by atoms with Crippen LogP contribution in [-0.2, 0) is 6.42 Å². The summed E-state index contributed by atoms with van der Waals surface area (Å²) >= 11 is 7.10. The van der Waals surface area contributed by atoms with Crippen LogP contribution < -0.4 is 4.74 Å². The molecule has 0 radical (unpaired) electrons. The molecule has 0 fully saturated rings. The molecule has 0 aliphatic heterocycles. The molecule has 1 heterocycles. The summed E-state index contributed by atoms with van der Waals surface area (Å²) in [5.74, 6) is 0.850. The standard InChI is InChI=1S/C10H9ClN2OS/c1-14-8-4-2-3-7(5-8)6-9-12-13-10(11)15-9/h2-5H,6H2,1H3. The van der Waals surface area contributed by atoms with Crippen molar-refractivity contribution in [2.75, 3.05) is 7.11 Å². The van der Waals surface area contributed by atoms with E-state index >= 15 is 0 Å². The van der Waals surface area contributed by atoms with Crippen molar-refractivity contribution < 1.29 is 4.74 Å². The average molecular weight is 241 g/mol. The molecule has 78 valence electrons. The SMILES string of the molecule is COc1cccc(Cc2nnc(Cl)s2)c1. The molecule has 2 aromatic rings. The van der Waals surface area contributed by atoms with Crippen molar-refractivity contribution in [3.63, 3.8) is 0 Å². The van der Waals surface area contributed by atoms with E-state index in [-0.39, 0.29) is 0 Å². The average Bonchev–Trinajstić information content (AvgIpc) is 2.64. The van der Waals surface area contributed by atoms with Gasteiger partial charge in [-0.2, -0.15) is 0 Å². The first-order valence-corrected chi connectivity index (χ1v) is 5.58. The number of hydrogen-bond donors (Lipinski definition) is 0. The van der Waals surface area contributed by atoms with E-state index < -0.39 is 0 Å². The van der Waals surface area contributed by atoms with Crippen LogP contribution in [0.2, 0.25) is 4.47 Å². The summed E-state index contributed by atoms with van der Waals surface area (Å²) in [4.78, 5) is 0. The second-order valence-corrected chi connectivity index (χ2v) is 4.62. The number of rotatable bonds is 3. The molecule has 0 spiro atoms. The molecule has 1 aromatic heterocycles. The Morgan fingerprint density at radius 1 is 1.40 bits per heavy atom. The second-order valence-electron chi connectivity index (χ2n) is 2.98. The number of benzene rings is 1. The molecular weight excluding hydrogens is 232 g/mol. The first-order valence-electron chi connectivity index (χ1n) is 4.39. The van der Waals surface area contributed by atoms with Gasteiger partial charge in [0.25, 0.3) is 0 Å². The first-order chi connectivity index (χ1) is 7.28. The lowest BCUT2D eigenvalue weighted by Gasteiger charge is -2.01. The van der Waals surface area contributed by atoms with Crippen molar-refractivity contribution >= 4 is 22.9 Å². The molecule has 2 rings (SSSR count). The summed E-state index contributed by atoms with van der Waals surface area (Å²) < 4.78 is 5.62. The number of halogens is 1. The molecule has 0 atom stereocenters. The minimum atomic E-state index is 0.480. The number of methoxy groups -OCH3 is 1. The van der Waals surface area contributed by atoms with Gasteiger partial charge in [-0.05, 0) is 29.3 Å². The first kappa shape index (κ1) is 10.4. The molecule has 0 N–H and O–H groups in total. The van der Waals surface area contributed by atoms with E-state index in [4.69, 9.17) is 16.3 Å². The van der Waals surface area contributed by atoms with Crippen LogP contribution in [0, 0.1) is 0 Å². The Morgan fingerprint density at radius 2 is 2.27 bits per heavy atom. The molecule has 0 unspecified atom stereocenters. The molecule has 0 aliphatic rings. The van der Waals surface area contributed by atoms with E-state index in [0.29, 0.717) is 4.47 Å². The molecule has 0 saturated heterocycles. The summed E-state index contributed by atoms with van der Waals surface area (Å²) in [6.45, 7) is 0. The Bertz CT molecular complexity index is 458. The Kier molecular flexibility index (Phi) is 3.18. The van der Waals surface area contributed by atoms with E-state index in [2.05, 4.69) is 10.2 Å². The van der Waals surface area contributed by atoms with Gasteiger partial charge in [0.15, 0.2) is 0 Å². The van der Waals surface area contributed by atoms with Gasteiger partial charge >= 0.3 is 0 Å². The van der Waals surface area contributed by atoms with E-state index in [1.165, 1.54) is 11.3 Å². The van der Waals surface area contributed by atoms with E-state index in [9.17, 15) is 0 Å². The van der Waals surface area contributed by atoms with Crippen LogP contribution >= 0.6 is 22.9 Å². The van der Waals surface area contributed by atoms with E-state index in [1.54, 1.807) is 7.11 Å². The molecule has 5 heteroatoms. The monoisotopic (exact) mass is 240 g/mol. The third kappa shape index (κ3) is 2.67. The lowest BCUT2D eigenvalue weighted by molar-refractivity contribution is 0.414. The van der Waals surface area contributed by atoms with Gasteiger partial charge in [-0.15, -0.1) is 10.2 Å². The maximum absolute atomic E-state index is 5.71. The fourth-order valence-corrected chi connectivity index (χ4v) is 2.16. The van der Waals surface area contributed by atoms with Gasteiger partial charge in [-0.3, -0.25) is 0 Å². The third-order valence-corrected chi connectivity index (χ3v) is 2.95. The van der Waals surface area contributed by atoms with Gasteiger partial charge in [0.2, 0.25) is 4.47 Å². The predicted octanol–water partition coefficient (Wildman–Crippen LogP) is 2.79. The van der Waals surface area contributed by atoms with Crippen molar-refractivity contribution in [3.8, 4) is 5.75 Å². The summed E-state index contributed by atoms with van der Waals surface area (Å²) in [7, 11) is 1.65. The zero-order valence-corrected chi connectivity index (χ0v) is 9.68. The minimum absolute atomic E-state index is 0.480. The topological polar surface area (TPSA) is 35.0 Å². The lowest BCUT2D eigenvalue weighted by atomic mass is 10.1. The van der Waals surface area contributed by atoms with Crippen molar-refractivity contribution in [2.45, 2.75) is 6.42 Å². The maximum Gasteiger partial charge on any atom is 0.207 e. The second kappa shape index (κ2) is 4.59. The van der Waals surface area contributed by atoms with Crippen LogP contribution in [0.3, 0.4) is 0 Å². The summed E-state index contributed by atoms with van der Waals surface area (Å²) in [6, 6.07) is 7.88. The van der Waals surface area contributed by atoms with Crippen LogP contribution in [0.1, 0.15) is 10.6 Å². The smallest absolute Gasteiger partial charge is 0.207 e. The Balaban J connectivity index is 2.16. The van der Waals surface area contributed by atoms with Crippen LogP contribution in [-0.4, -0.2) is 17.3 Å². The number of hydrogen-bond acceptors (Lipinski definition) is 4. The molecule has 0 aliphatic carbocycles. The molecule has 0 saturated carbocycles. The van der Waals surface area contributed by atoms with Gasteiger partial charge < -0.3 is 4.74 Å². The molecule has 15 heavy (non-hydrogen) atoms. The number of nitrogens with zero attached hydrogens (tertiary/aromatic N) is 2. The third-order valence-electron chi connectivity index (χ3n) is 1.93. The van der Waals surface area contributed by atoms with E-state index in [0.717, 1.165) is 22.7 Å². The van der Waals surface area contributed by atoms with Crippen LogP contribution in [0.5, 0.6) is 5.75 Å². The molecule has 1 aromatic carbocycles. The van der Waals surface area contributed by atoms with Crippen LogP contribution in [0.15, 0.2) is 24.3 Å². The van der Waals surface area contributed by atoms with Gasteiger partial charge in [-0.1, -0.05) is 23.5 Å². The molecule has 0 bridgehead atoms. The summed E-state index contributed by atoms with van der Waals surface area (Å²) in [5, 5.41) is 8.63. The lowest BCUT2D eigenvalue weighted by Crippen LogP contribution is -1.89. The summed E-state index contributed by atoms with van der Waals surface area (Å²) in [5.41, 5.74) is 1.14. The molecule has 0 amide bonds. The van der Waals surface area contributed by atoms with Crippen molar-refractivity contribution in [2.24, 2.45) is 0 Å². The Hall–Kier alpha value is -1.13. The van der Waals surface area contributed by atoms with Crippen molar-refractivity contribution in [1.29, 1.82) is 0 Å². The quantitative estimate of drug-likeness (QED) is 0.828. The van der Waals surface area contributed by atoms with Gasteiger partial charge in [0.05, 0.1) is 7.11 Å². The fraction of sp³-hybridized carbons (Fsp3) is 0.200. The zero-order valence-electron chi connectivity index (χ0n) is 8.11. The zero-order chi connectivity index (χ0) is 10.7. The number of aromatic nitrogens is 2. The van der Waals surface area contributed by atoms with Crippen LogP contribution in [0.4, 0.5) is 0 Å². The highest BCUT2D eigenvalue weighted by molar-refractivity contribution is 7.15. The Morgan fingerprint density at radius 3 is 2.93 bits per heavy atom. The highest BCUT2D eigenvalue weighted by Gasteiger charge is 2.03. The molecular formula is C10H9ClN2OS. The van der Waals surface area contributed by atoms with Crippen molar-refractivity contribution in [3.05, 3.63) is 39.3 Å². The summed E-state index contributed by atoms with van der Waals surface area (Å²) in [6.07, 6.45) is 0.738. The maximum atomic E-state index is 5.71. The van der Waals surface area contributed by atoms with Crippen LogP contribution in [0.25, 0.3) is 0 Å². The van der Waals surface area contributed by atoms with Gasteiger partial charge in [0, 0.05) is 6.42 Å². The largest absolute Gasteiger partial charge is 0.497 e. The van der Waals surface area contributed by atoms with Gasteiger partial charge in [0.1, 0.15) is 10.8 Å². The molecule has 3 nitrogen and oxygen atoms in total. The van der Waals surface area contributed by atoms with Crippen molar-refractivity contribution in [1.82, 2.24) is 10.2 Å².